The van der Waals surface area contributed by atoms with E-state index in [1.165, 1.54) is 30.3 Å². The van der Waals surface area contributed by atoms with Gasteiger partial charge in [-0.25, -0.2) is 21.8 Å². The Morgan fingerprint density at radius 3 is 1.88 bits per heavy atom. The Balaban J connectivity index is 1.69. The summed E-state index contributed by atoms with van der Waals surface area (Å²) in [4.78, 5) is 34.4. The number of H-pyrrole nitrogens is 1. The van der Waals surface area contributed by atoms with Gasteiger partial charge in [0, 0.05) is 29.6 Å². The lowest BCUT2D eigenvalue weighted by Gasteiger charge is -2.19. The second-order valence-electron chi connectivity index (χ2n) is 14.6. The standard InChI is InChI=1S/C44H44N4O7S2/c1-29-23-25-33(26-24-29)57(54,55)40-38(31-18-10-6-11-19-31)35(46-42(40)48-43(51)44(2,3)4)28-34-37(30-16-8-5-9-17-30)39(56(52,53)32-20-12-7-13-21-32)41(45-34)47-36(50)22-14-15-27-49/h5-13,16-21,23-26,28,45,49H,14-15,22,27H2,1-4H3,(H,47,50)(H,46,48,51). The van der Waals surface area contributed by atoms with E-state index in [2.05, 4.69) is 15.6 Å². The van der Waals surface area contributed by atoms with Crippen LogP contribution in [0.15, 0.2) is 146 Å². The van der Waals surface area contributed by atoms with Crippen LogP contribution in [0.5, 0.6) is 0 Å². The van der Waals surface area contributed by atoms with E-state index in [0.29, 0.717) is 24.0 Å². The molecule has 13 heteroatoms. The van der Waals surface area contributed by atoms with Crippen molar-refractivity contribution in [2.24, 2.45) is 10.4 Å². The van der Waals surface area contributed by atoms with Crippen molar-refractivity contribution >= 4 is 54.8 Å². The van der Waals surface area contributed by atoms with Gasteiger partial charge in [-0.15, -0.1) is 0 Å². The Kier molecular flexibility index (Phi) is 11.9. The molecule has 0 saturated heterocycles. The molecule has 1 aromatic heterocycles. The summed E-state index contributed by atoms with van der Waals surface area (Å²) in [6.45, 7) is 6.84. The molecule has 0 bridgehead atoms. The molecule has 2 heterocycles. The zero-order valence-electron chi connectivity index (χ0n) is 32.0. The molecule has 6 rings (SSSR count). The summed E-state index contributed by atoms with van der Waals surface area (Å²) >= 11 is 0. The number of anilines is 1. The maximum absolute atomic E-state index is 14.8. The van der Waals surface area contributed by atoms with Crippen molar-refractivity contribution in [2.75, 3.05) is 11.9 Å². The molecular weight excluding hydrogens is 761 g/mol. The number of sulfone groups is 2. The third-order valence-electron chi connectivity index (χ3n) is 9.23. The fourth-order valence-electron chi connectivity index (χ4n) is 6.24. The van der Waals surface area contributed by atoms with E-state index < -0.39 is 36.9 Å². The quantitative estimate of drug-likeness (QED) is 0.0934. The first-order valence-corrected chi connectivity index (χ1v) is 21.4. The van der Waals surface area contributed by atoms with Crippen molar-refractivity contribution in [2.45, 2.75) is 61.6 Å². The van der Waals surface area contributed by atoms with E-state index in [1.54, 1.807) is 112 Å². The van der Waals surface area contributed by atoms with Crippen molar-refractivity contribution in [3.8, 4) is 11.1 Å². The number of aliphatic hydroxyl groups excluding tert-OH is 1. The zero-order chi connectivity index (χ0) is 41.0. The second kappa shape index (κ2) is 16.7. The summed E-state index contributed by atoms with van der Waals surface area (Å²) in [6, 6.07) is 31.7. The Hall–Kier alpha value is -5.89. The maximum atomic E-state index is 14.8. The van der Waals surface area contributed by atoms with Crippen LogP contribution in [0.4, 0.5) is 5.82 Å². The summed E-state index contributed by atoms with van der Waals surface area (Å²) in [6.07, 6.45) is 2.31. The summed E-state index contributed by atoms with van der Waals surface area (Å²) in [5, 5.41) is 14.9. The number of nitrogens with zero attached hydrogens (tertiary/aromatic N) is 1. The third kappa shape index (κ3) is 8.75. The monoisotopic (exact) mass is 804 g/mol. The maximum Gasteiger partial charge on any atom is 0.230 e. The number of aromatic amines is 1. The highest BCUT2D eigenvalue weighted by atomic mass is 32.2. The molecule has 0 fully saturated rings. The van der Waals surface area contributed by atoms with Gasteiger partial charge in [0.05, 0.1) is 21.2 Å². The molecule has 0 saturated carbocycles. The summed E-state index contributed by atoms with van der Waals surface area (Å²) in [7, 11) is -8.69. The molecule has 2 amide bonds. The Bertz CT molecular complexity index is 2610. The minimum atomic E-state index is -4.36. The zero-order valence-corrected chi connectivity index (χ0v) is 33.7. The molecule has 11 nitrogen and oxygen atoms in total. The molecule has 294 valence electrons. The highest BCUT2D eigenvalue weighted by molar-refractivity contribution is 7.96. The van der Waals surface area contributed by atoms with Gasteiger partial charge in [-0.2, -0.15) is 0 Å². The van der Waals surface area contributed by atoms with Gasteiger partial charge in [0.25, 0.3) is 0 Å². The lowest BCUT2D eigenvalue weighted by atomic mass is 9.95. The number of hydrogen-bond donors (Lipinski definition) is 4. The molecule has 4 aromatic carbocycles. The molecule has 4 N–H and O–H groups in total. The van der Waals surface area contributed by atoms with Crippen LogP contribution in [0.1, 0.15) is 56.9 Å². The van der Waals surface area contributed by atoms with E-state index in [4.69, 9.17) is 4.99 Å². The number of hydrogen-bond acceptors (Lipinski definition) is 8. The minimum absolute atomic E-state index is 0.0113. The molecule has 0 atom stereocenters. The van der Waals surface area contributed by atoms with Crippen LogP contribution < -0.4 is 10.6 Å². The summed E-state index contributed by atoms with van der Waals surface area (Å²) in [5.41, 5.74) is 1.57. The van der Waals surface area contributed by atoms with Crippen LogP contribution in [-0.4, -0.2) is 51.2 Å². The van der Waals surface area contributed by atoms with Gasteiger partial charge < -0.3 is 20.7 Å². The van der Waals surface area contributed by atoms with Crippen LogP contribution in [-0.2, 0) is 29.3 Å². The van der Waals surface area contributed by atoms with E-state index in [-0.39, 0.29) is 66.8 Å². The number of carbonyl (C=O) groups is 2. The Morgan fingerprint density at radius 2 is 1.30 bits per heavy atom. The van der Waals surface area contributed by atoms with Crippen molar-refractivity contribution in [1.29, 1.82) is 0 Å². The molecule has 0 aliphatic carbocycles. The predicted octanol–water partition coefficient (Wildman–Crippen LogP) is 7.72. The van der Waals surface area contributed by atoms with E-state index in [9.17, 15) is 31.5 Å². The number of amidine groups is 1. The fraction of sp³-hybridized carbons (Fsp3) is 0.205. The van der Waals surface area contributed by atoms with Crippen LogP contribution >= 0.6 is 0 Å². The normalized spacial score (nSPS) is 14.1. The fourth-order valence-corrected chi connectivity index (χ4v) is 9.43. The minimum Gasteiger partial charge on any atom is -0.396 e. The highest BCUT2D eigenvalue weighted by Gasteiger charge is 2.39. The first kappa shape index (κ1) is 40.8. The van der Waals surface area contributed by atoms with Gasteiger partial charge in [-0.05, 0) is 61.2 Å². The number of nitrogens with one attached hydrogen (secondary N) is 3. The average molecular weight is 805 g/mol. The van der Waals surface area contributed by atoms with Crippen molar-refractivity contribution in [3.05, 3.63) is 143 Å². The number of rotatable bonds is 12. The summed E-state index contributed by atoms with van der Waals surface area (Å²) in [5.74, 6) is -1.24. The molecule has 57 heavy (non-hydrogen) atoms. The second-order valence-corrected chi connectivity index (χ2v) is 18.4. The van der Waals surface area contributed by atoms with Crippen LogP contribution in [0, 0.1) is 12.3 Å². The van der Waals surface area contributed by atoms with Crippen LogP contribution in [0.3, 0.4) is 0 Å². The van der Waals surface area contributed by atoms with E-state index in [1.807, 2.05) is 6.92 Å². The number of benzene rings is 4. The first-order chi connectivity index (χ1) is 27.1. The topological polar surface area (TPSA) is 175 Å². The number of aliphatic imine (C=N–C) groups is 1. The van der Waals surface area contributed by atoms with Crippen molar-refractivity contribution in [3.63, 3.8) is 0 Å². The van der Waals surface area contributed by atoms with Gasteiger partial charge in [0.2, 0.25) is 31.5 Å². The van der Waals surface area contributed by atoms with Gasteiger partial charge in [-0.1, -0.05) is 117 Å². The molecule has 0 unspecified atom stereocenters. The third-order valence-corrected chi connectivity index (χ3v) is 12.9. The van der Waals surface area contributed by atoms with Gasteiger partial charge in [-0.3, -0.25) is 9.59 Å². The molecule has 1 aliphatic heterocycles. The molecule has 0 spiro atoms. The highest BCUT2D eigenvalue weighted by Crippen LogP contribution is 2.44. The Labute approximate surface area is 333 Å². The predicted molar refractivity (Wildman–Crippen MR) is 222 cm³/mol. The van der Waals surface area contributed by atoms with Crippen molar-refractivity contribution in [1.82, 2.24) is 10.3 Å². The first-order valence-electron chi connectivity index (χ1n) is 18.4. The smallest absolute Gasteiger partial charge is 0.230 e. The van der Waals surface area contributed by atoms with Gasteiger partial charge >= 0.3 is 0 Å². The number of aryl methyl sites for hydroxylation is 1. The van der Waals surface area contributed by atoms with E-state index in [0.717, 1.165) is 5.56 Å². The molecule has 1 aliphatic rings. The lowest BCUT2D eigenvalue weighted by Crippen LogP contribution is -2.40. The molecule has 5 aromatic rings. The molecule has 0 radical (unpaired) electrons. The number of aliphatic hydroxyl groups is 1. The number of amides is 2. The van der Waals surface area contributed by atoms with Gasteiger partial charge in [0.15, 0.2) is 5.84 Å². The average Bonchev–Trinajstić information content (AvgIpc) is 3.74. The van der Waals surface area contributed by atoms with Crippen LogP contribution in [0.25, 0.3) is 22.8 Å². The van der Waals surface area contributed by atoms with Crippen molar-refractivity contribution < 1.29 is 31.5 Å². The van der Waals surface area contributed by atoms with E-state index >= 15 is 0 Å². The number of carbonyl (C=O) groups excluding carboxylic acids is 2. The van der Waals surface area contributed by atoms with Crippen LogP contribution in [0.2, 0.25) is 0 Å². The number of allylic oxidation sites excluding steroid dienone is 1. The summed E-state index contributed by atoms with van der Waals surface area (Å²) < 4.78 is 58.9. The number of aromatic nitrogens is 1. The molecular formula is C44H44N4O7S2. The SMILES string of the molecule is Cc1ccc(S(=O)(=O)C2=C(c3ccccc3)C(=Cc3[nH]c(NC(=O)CCCCO)c(S(=O)(=O)c4ccccc4)c3-c3ccccc3)N=C2NC(=O)C(C)(C)C)cc1. The number of unbranched alkanes of at least 4 members (excludes halogenated alkanes) is 1. The lowest BCUT2D eigenvalue weighted by molar-refractivity contribution is -0.127. The van der Waals surface area contributed by atoms with Gasteiger partial charge in [0.1, 0.15) is 15.6 Å². The Morgan fingerprint density at radius 1 is 0.737 bits per heavy atom. The largest absolute Gasteiger partial charge is 0.396 e.